The van der Waals surface area contributed by atoms with Gasteiger partial charge in [0.05, 0.1) is 15.9 Å². The largest absolute Gasteiger partial charge is 1.00 e. The summed E-state index contributed by atoms with van der Waals surface area (Å²) in [6, 6.07) is 7.95. The van der Waals surface area contributed by atoms with Crippen LogP contribution in [0.25, 0.3) is 0 Å². The van der Waals surface area contributed by atoms with Crippen molar-refractivity contribution < 1.29 is 80.2 Å². The summed E-state index contributed by atoms with van der Waals surface area (Å²) in [6.07, 6.45) is -7.72. The van der Waals surface area contributed by atoms with Crippen LogP contribution < -0.4 is 34.3 Å². The third kappa shape index (κ3) is 18.5. The minimum Gasteiger partial charge on any atom is -0.512 e. The maximum Gasteiger partial charge on any atom is 1.00 e. The second kappa shape index (κ2) is 22.0. The fourth-order valence-corrected chi connectivity index (χ4v) is 3.77. The number of ether oxygens (including phenoxy) is 1. The molecule has 0 aliphatic carbocycles. The predicted molar refractivity (Wildman–Crippen MR) is 157 cm³/mol. The van der Waals surface area contributed by atoms with Crippen LogP contribution in [0.4, 0.5) is 26.3 Å². The molecule has 0 aliphatic heterocycles. The molecule has 244 valence electrons. The van der Waals surface area contributed by atoms with E-state index in [0.29, 0.717) is 5.69 Å². The van der Waals surface area contributed by atoms with E-state index in [1.165, 1.54) is 5.56 Å². The van der Waals surface area contributed by atoms with Gasteiger partial charge in [-0.15, -0.1) is 0 Å². The molecule has 0 radical (unpaired) electrons. The van der Waals surface area contributed by atoms with Gasteiger partial charge in [0.2, 0.25) is 11.9 Å². The van der Waals surface area contributed by atoms with Gasteiger partial charge in [-0.25, -0.2) is 14.6 Å². The number of esters is 2. The van der Waals surface area contributed by atoms with Gasteiger partial charge >= 0.3 is 53.8 Å². The first-order valence-electron chi connectivity index (χ1n) is 11.6. The zero-order valence-electron chi connectivity index (χ0n) is 25.2. The molecule has 3 aromatic rings. The number of aromatic nitrogens is 3. The van der Waals surface area contributed by atoms with E-state index in [2.05, 4.69) is 68.6 Å². The van der Waals surface area contributed by atoms with Crippen LogP contribution in [0.1, 0.15) is 39.5 Å². The Hall–Kier alpha value is -2.61. The Morgan fingerprint density at radius 1 is 0.848 bits per heavy atom. The number of halogens is 9. The summed E-state index contributed by atoms with van der Waals surface area (Å²) in [6.45, 7) is 16.3. The van der Waals surface area contributed by atoms with E-state index in [1.807, 2.05) is 65.9 Å². The van der Waals surface area contributed by atoms with Crippen molar-refractivity contribution >= 4 is 59.7 Å². The molecular formula is C27H24Br3F6N5NaO4+. The number of carbonyl (C=O) groups excluding carboxylic acids is 2. The summed E-state index contributed by atoms with van der Waals surface area (Å²) in [5, 5.41) is 24.0. The van der Waals surface area contributed by atoms with Crippen LogP contribution in [0.2, 0.25) is 0 Å². The predicted octanol–water partition coefficient (Wildman–Crippen LogP) is 4.67. The molecule has 0 unspecified atom stereocenters. The second-order valence-electron chi connectivity index (χ2n) is 8.38. The Bertz CT molecular complexity index is 1500. The van der Waals surface area contributed by atoms with Gasteiger partial charge in [0.25, 0.3) is 0 Å². The van der Waals surface area contributed by atoms with Crippen molar-refractivity contribution in [1.82, 2.24) is 9.97 Å². The Kier molecular flexibility index (Phi) is 22.9. The van der Waals surface area contributed by atoms with E-state index in [-0.39, 0.29) is 29.6 Å². The molecule has 3 heterocycles. The molecular weight excluding hydrogens is 835 g/mol. The van der Waals surface area contributed by atoms with Gasteiger partial charge in [0.15, 0.2) is 0 Å². The van der Waals surface area contributed by atoms with E-state index in [4.69, 9.17) is 22.3 Å². The smallest absolute Gasteiger partial charge is 0.512 e. The van der Waals surface area contributed by atoms with Gasteiger partial charge < -0.3 is 16.6 Å². The van der Waals surface area contributed by atoms with Crippen LogP contribution in [0.15, 0.2) is 44.0 Å². The average molecular weight is 859 g/mol. The van der Waals surface area contributed by atoms with Crippen molar-refractivity contribution in [3.8, 4) is 6.07 Å². The summed E-state index contributed by atoms with van der Waals surface area (Å²) in [4.78, 5) is 27.5. The minimum absolute atomic E-state index is 0. The standard InChI is InChI=1S/C8H7BrN2.C7H9BrNO.C7H8BrN.C4F6O3.CN.Na/c1-5-3-7(9)6(2)11-8(5)4-10;1-5-3-7(8)6(2)9(10)4-5;1-5-3-7(8)6(2)9-4-5;5-3(6,7)1(11)13-2(12)4(8,9)10;1-2;/h3H,1-2H3;3-4,10H,1-2H3;3-4H,1-2H3;;;/q;+1;;;-1;+1. The molecule has 0 saturated heterocycles. The second-order valence-corrected chi connectivity index (χ2v) is 10.9. The van der Waals surface area contributed by atoms with E-state index in [9.17, 15) is 35.9 Å². The van der Waals surface area contributed by atoms with Crippen molar-refractivity contribution in [3.05, 3.63) is 90.0 Å². The number of carbonyl (C=O) groups is 2. The normalized spacial score (nSPS) is 9.83. The molecule has 0 amide bonds. The fraction of sp³-hybridized carbons (Fsp3) is 0.296. The Morgan fingerprint density at radius 2 is 1.28 bits per heavy atom. The number of nitriles is 1. The Balaban J connectivity index is -0.000000525. The zero-order chi connectivity index (χ0) is 35.9. The van der Waals surface area contributed by atoms with Crippen LogP contribution in [0.5, 0.6) is 0 Å². The molecule has 3 rings (SSSR count). The molecule has 46 heavy (non-hydrogen) atoms. The summed E-state index contributed by atoms with van der Waals surface area (Å²) in [5.74, 6) is -6.40. The summed E-state index contributed by atoms with van der Waals surface area (Å²) in [7, 11) is 0. The number of hydrogen-bond acceptors (Lipinski definition) is 8. The first kappa shape index (κ1) is 47.8. The molecule has 19 heteroatoms. The van der Waals surface area contributed by atoms with E-state index in [1.54, 1.807) is 6.20 Å². The minimum atomic E-state index is -5.62. The van der Waals surface area contributed by atoms with E-state index >= 15 is 0 Å². The van der Waals surface area contributed by atoms with Crippen molar-refractivity contribution in [2.24, 2.45) is 0 Å². The molecule has 0 spiro atoms. The van der Waals surface area contributed by atoms with Gasteiger partial charge in [-0.3, -0.25) is 10.2 Å². The third-order valence-corrected chi connectivity index (χ3v) is 7.04. The number of rotatable bonds is 0. The zero-order valence-corrected chi connectivity index (χ0v) is 32.0. The maximum absolute atomic E-state index is 11.2. The van der Waals surface area contributed by atoms with Crippen molar-refractivity contribution in [3.63, 3.8) is 0 Å². The van der Waals surface area contributed by atoms with Crippen LogP contribution in [0, 0.1) is 64.7 Å². The van der Waals surface area contributed by atoms with Gasteiger partial charge in [-0.05, 0) is 112 Å². The number of aryl methyl sites for hydroxylation is 5. The molecule has 9 nitrogen and oxygen atoms in total. The van der Waals surface area contributed by atoms with Crippen molar-refractivity contribution in [1.29, 1.82) is 10.5 Å². The number of pyridine rings is 3. The van der Waals surface area contributed by atoms with Crippen LogP contribution in [0.3, 0.4) is 0 Å². The van der Waals surface area contributed by atoms with Gasteiger partial charge in [-0.2, -0.15) is 31.6 Å². The first-order chi connectivity index (χ1) is 20.5. The molecule has 0 aromatic carbocycles. The molecule has 1 N–H and O–H groups in total. The Labute approximate surface area is 308 Å². The number of alkyl halides is 6. The fourth-order valence-electron chi connectivity index (χ4n) is 2.33. The van der Waals surface area contributed by atoms with Crippen LogP contribution in [-0.2, 0) is 14.3 Å². The third-order valence-electron chi connectivity index (χ3n) is 4.63. The number of nitrogens with zero attached hydrogens (tertiary/aromatic N) is 5. The molecule has 0 aliphatic rings. The molecule has 0 saturated carbocycles. The van der Waals surface area contributed by atoms with Crippen LogP contribution >= 0.6 is 47.8 Å². The van der Waals surface area contributed by atoms with Crippen molar-refractivity contribution in [2.75, 3.05) is 0 Å². The topological polar surface area (TPSA) is 141 Å². The Morgan fingerprint density at radius 3 is 1.65 bits per heavy atom. The summed E-state index contributed by atoms with van der Waals surface area (Å²) in [5.41, 5.74) is 6.33. The molecule has 0 atom stereocenters. The van der Waals surface area contributed by atoms with E-state index in [0.717, 1.165) is 46.4 Å². The van der Waals surface area contributed by atoms with Gasteiger partial charge in [-0.1, -0.05) is 0 Å². The maximum atomic E-state index is 11.2. The van der Waals surface area contributed by atoms with Crippen LogP contribution in [-0.4, -0.2) is 39.5 Å². The summed E-state index contributed by atoms with van der Waals surface area (Å²) >= 11 is 10.0. The molecule has 3 aromatic heterocycles. The molecule has 0 bridgehead atoms. The first-order valence-corrected chi connectivity index (χ1v) is 14.0. The number of hydrogen-bond donors (Lipinski definition) is 1. The average Bonchev–Trinajstić information content (AvgIpc) is 2.92. The van der Waals surface area contributed by atoms with E-state index < -0.39 is 24.3 Å². The monoisotopic (exact) mass is 856 g/mol. The SMILES string of the molecule is Cc1cc(Br)c(C)[n+](O)c1.Cc1cc(Br)c(C)nc1C#N.Cc1cnc(C)c(Br)c1.O=C(OC(=O)C(F)(F)F)C(F)(F)F.[C-]#N.[Na+]. The van der Waals surface area contributed by atoms with Gasteiger partial charge in [0.1, 0.15) is 11.8 Å². The summed E-state index contributed by atoms with van der Waals surface area (Å²) < 4.78 is 73.7. The quantitative estimate of drug-likeness (QED) is 0.0655. The van der Waals surface area contributed by atoms with Gasteiger partial charge in [0, 0.05) is 32.4 Å². The van der Waals surface area contributed by atoms with Crippen molar-refractivity contribution in [2.45, 2.75) is 53.9 Å². The molecule has 0 fully saturated rings.